The molecule has 0 fully saturated rings. The minimum Gasteiger partial charge on any atom is -0.504 e. The first-order chi connectivity index (χ1) is 18.8. The fraction of sp³-hybridized carbons (Fsp3) is 0.548. The molecule has 3 aromatic rings. The summed E-state index contributed by atoms with van der Waals surface area (Å²) >= 11 is 0. The van der Waals surface area contributed by atoms with Crippen molar-refractivity contribution < 1.29 is 29.6 Å². The van der Waals surface area contributed by atoms with Gasteiger partial charge in [0.05, 0.1) is 6.10 Å². The lowest BCUT2D eigenvalue weighted by molar-refractivity contribution is 0.103. The molecule has 39 heavy (non-hydrogen) atoms. The Bertz CT molecular complexity index is 1110. The minimum absolute atomic E-state index is 0.0153. The molecule has 8 nitrogen and oxygen atoms in total. The molecule has 0 spiro atoms. The van der Waals surface area contributed by atoms with Gasteiger partial charge in [0.1, 0.15) is 24.2 Å². The molecule has 0 aliphatic carbocycles. The predicted molar refractivity (Wildman–Crippen MR) is 152 cm³/mol. The van der Waals surface area contributed by atoms with Gasteiger partial charge in [-0.2, -0.15) is 0 Å². The van der Waals surface area contributed by atoms with Gasteiger partial charge in [0, 0.05) is 43.9 Å². The Morgan fingerprint density at radius 1 is 1.00 bits per heavy atom. The zero-order valence-corrected chi connectivity index (χ0v) is 23.5. The van der Waals surface area contributed by atoms with E-state index in [9.17, 15) is 20.4 Å². The van der Waals surface area contributed by atoms with Crippen molar-refractivity contribution in [2.75, 3.05) is 19.8 Å². The number of ether oxygens (including phenoxy) is 1. The summed E-state index contributed by atoms with van der Waals surface area (Å²) in [6.07, 6.45) is 6.67. The average Bonchev–Trinajstić information content (AvgIpc) is 3.60. The van der Waals surface area contributed by atoms with Crippen molar-refractivity contribution in [2.45, 2.75) is 89.9 Å². The minimum atomic E-state index is -0.903. The lowest BCUT2D eigenvalue weighted by Gasteiger charge is -2.25. The van der Waals surface area contributed by atoms with Crippen LogP contribution < -0.4 is 10.1 Å². The molecular formula is C31H46N2O6. The molecule has 6 N–H and O–H groups in total. The van der Waals surface area contributed by atoms with Crippen molar-refractivity contribution in [1.29, 1.82) is 0 Å². The maximum absolute atomic E-state index is 10.8. The highest BCUT2D eigenvalue weighted by Gasteiger charge is 2.22. The number of unbranched alkanes of at least 4 members (excludes halogenated alkanes) is 1. The zero-order valence-electron chi connectivity index (χ0n) is 23.5. The molecule has 216 valence electrons. The van der Waals surface area contributed by atoms with E-state index in [1.807, 2.05) is 36.5 Å². The van der Waals surface area contributed by atoms with Crippen LogP contribution in [-0.4, -0.2) is 57.3 Å². The smallest absolute Gasteiger partial charge is 0.161 e. The molecule has 2 heterocycles. The van der Waals surface area contributed by atoms with Gasteiger partial charge in [0.15, 0.2) is 11.5 Å². The summed E-state index contributed by atoms with van der Waals surface area (Å²) in [6, 6.07) is 11.4. The lowest BCUT2D eigenvalue weighted by Crippen LogP contribution is -2.38. The Hall–Kier alpha value is -2.78. The predicted octanol–water partition coefficient (Wildman–Crippen LogP) is 4.77. The Morgan fingerprint density at radius 2 is 1.77 bits per heavy atom. The fourth-order valence-corrected chi connectivity index (χ4v) is 4.68. The highest BCUT2D eigenvalue weighted by molar-refractivity contribution is 5.42. The van der Waals surface area contributed by atoms with Gasteiger partial charge in [0.2, 0.25) is 0 Å². The summed E-state index contributed by atoms with van der Waals surface area (Å²) in [6.45, 7) is 6.56. The number of hydrogen-bond donors (Lipinski definition) is 6. The van der Waals surface area contributed by atoms with Crippen LogP contribution in [0.1, 0.15) is 86.8 Å². The van der Waals surface area contributed by atoms with Crippen LogP contribution in [0.2, 0.25) is 0 Å². The first-order valence-corrected chi connectivity index (χ1v) is 14.2. The third-order valence-electron chi connectivity index (χ3n) is 7.14. The van der Waals surface area contributed by atoms with E-state index in [4.69, 9.17) is 9.15 Å². The molecule has 8 heteroatoms. The van der Waals surface area contributed by atoms with Crippen molar-refractivity contribution >= 4 is 0 Å². The van der Waals surface area contributed by atoms with Crippen LogP contribution >= 0.6 is 0 Å². The maximum Gasteiger partial charge on any atom is 0.161 e. The highest BCUT2D eigenvalue weighted by atomic mass is 16.5. The largest absolute Gasteiger partial charge is 0.504 e. The second-order valence-electron chi connectivity index (χ2n) is 10.5. The summed E-state index contributed by atoms with van der Waals surface area (Å²) in [5.74, 6) is 2.44. The van der Waals surface area contributed by atoms with Gasteiger partial charge in [-0.15, -0.1) is 0 Å². The molecular weight excluding hydrogens is 496 g/mol. The quantitative estimate of drug-likeness (QED) is 0.137. The molecule has 2 aromatic heterocycles. The number of rotatable bonds is 18. The van der Waals surface area contributed by atoms with E-state index in [0.717, 1.165) is 61.2 Å². The number of hydrogen-bond acceptors (Lipinski definition) is 7. The molecule has 0 saturated heterocycles. The number of phenols is 1. The van der Waals surface area contributed by atoms with Gasteiger partial charge in [-0.25, -0.2) is 0 Å². The van der Waals surface area contributed by atoms with Crippen molar-refractivity contribution in [3.8, 4) is 11.5 Å². The number of benzene rings is 1. The summed E-state index contributed by atoms with van der Waals surface area (Å²) < 4.78 is 11.7. The van der Waals surface area contributed by atoms with E-state index in [1.165, 1.54) is 0 Å². The number of aromatic nitrogens is 1. The van der Waals surface area contributed by atoms with E-state index in [1.54, 1.807) is 13.0 Å². The molecule has 0 aliphatic rings. The molecule has 3 rings (SSSR count). The second kappa shape index (κ2) is 15.7. The highest BCUT2D eigenvalue weighted by Crippen LogP contribution is 2.30. The summed E-state index contributed by atoms with van der Waals surface area (Å²) in [5, 5.41) is 43.4. The van der Waals surface area contributed by atoms with E-state index >= 15 is 0 Å². The van der Waals surface area contributed by atoms with Gasteiger partial charge in [-0.1, -0.05) is 26.3 Å². The van der Waals surface area contributed by atoms with Crippen molar-refractivity contribution in [3.63, 3.8) is 0 Å². The number of aliphatic hydroxyl groups is 3. The van der Waals surface area contributed by atoms with Gasteiger partial charge in [-0.3, -0.25) is 0 Å². The second-order valence-corrected chi connectivity index (χ2v) is 10.5. The van der Waals surface area contributed by atoms with Crippen molar-refractivity contribution in [2.24, 2.45) is 0 Å². The number of aromatic amines is 1. The Morgan fingerprint density at radius 3 is 2.49 bits per heavy atom. The SMILES string of the molecule is CCCCc1ccc(CCc2ccc(O)c(OC[C@H](O)c3cc([C@H](C)[C@H](CCCO)NC[C@H](C)O)c[nH]3)c2)o1. The average molecular weight is 543 g/mol. The van der Waals surface area contributed by atoms with Crippen LogP contribution in [0.4, 0.5) is 0 Å². The van der Waals surface area contributed by atoms with Crippen LogP contribution in [-0.2, 0) is 19.3 Å². The van der Waals surface area contributed by atoms with Crippen molar-refractivity contribution in [1.82, 2.24) is 10.3 Å². The monoisotopic (exact) mass is 542 g/mol. The molecule has 0 radical (unpaired) electrons. The summed E-state index contributed by atoms with van der Waals surface area (Å²) in [5.41, 5.74) is 2.66. The van der Waals surface area contributed by atoms with Gasteiger partial charge in [0.25, 0.3) is 0 Å². The summed E-state index contributed by atoms with van der Waals surface area (Å²) in [7, 11) is 0. The molecule has 0 saturated carbocycles. The molecule has 0 bridgehead atoms. The first-order valence-electron chi connectivity index (χ1n) is 14.2. The molecule has 0 amide bonds. The maximum atomic E-state index is 10.8. The third kappa shape index (κ3) is 9.72. The Labute approximate surface area is 232 Å². The number of H-pyrrole nitrogens is 1. The first kappa shape index (κ1) is 30.8. The number of aryl methyl sites for hydroxylation is 3. The number of nitrogens with one attached hydrogen (secondary N) is 2. The van der Waals surface area contributed by atoms with Gasteiger partial charge < -0.3 is 39.9 Å². The molecule has 0 unspecified atom stereocenters. The zero-order chi connectivity index (χ0) is 28.2. The van der Waals surface area contributed by atoms with Crippen molar-refractivity contribution in [3.05, 3.63) is 70.9 Å². The van der Waals surface area contributed by atoms with Crippen LogP contribution in [0, 0.1) is 0 Å². The third-order valence-corrected chi connectivity index (χ3v) is 7.14. The standard InChI is InChI=1S/C31H46N2O6/c1-4-5-7-25-12-13-26(39-25)11-9-23-10-14-29(36)31(16-23)38-20-30(37)28-17-24(19-33-28)22(3)27(8-6-15-34)32-18-21(2)35/h10,12-14,16-17,19,21-22,27,30,32-37H,4-9,11,15,18,20H2,1-3H3/t21-,22-,27-,30-/m0/s1. The molecule has 1 aromatic carbocycles. The Kier molecular flexibility index (Phi) is 12.4. The van der Waals surface area contributed by atoms with E-state index in [0.29, 0.717) is 24.4 Å². The number of phenolic OH excluding ortho intramolecular Hbond substituents is 1. The van der Waals surface area contributed by atoms with E-state index in [2.05, 4.69) is 24.1 Å². The molecule has 0 aliphatic heterocycles. The normalized spacial score (nSPS) is 14.7. The Balaban J connectivity index is 1.55. The number of furan rings is 1. The van der Waals surface area contributed by atoms with Crippen LogP contribution in [0.3, 0.4) is 0 Å². The molecule has 4 atom stereocenters. The fourth-order valence-electron chi connectivity index (χ4n) is 4.68. The topological polar surface area (TPSA) is 131 Å². The number of aromatic hydroxyl groups is 1. The van der Waals surface area contributed by atoms with E-state index < -0.39 is 12.2 Å². The van der Waals surface area contributed by atoms with Gasteiger partial charge >= 0.3 is 0 Å². The van der Waals surface area contributed by atoms with Gasteiger partial charge in [-0.05, 0) is 80.0 Å². The van der Waals surface area contributed by atoms with E-state index in [-0.39, 0.29) is 30.9 Å². The van der Waals surface area contributed by atoms with Crippen LogP contribution in [0.5, 0.6) is 11.5 Å². The van der Waals surface area contributed by atoms with Crippen LogP contribution in [0.15, 0.2) is 47.0 Å². The lowest BCUT2D eigenvalue weighted by atomic mass is 9.91. The summed E-state index contributed by atoms with van der Waals surface area (Å²) in [4.78, 5) is 3.15. The van der Waals surface area contributed by atoms with Crippen LogP contribution in [0.25, 0.3) is 0 Å². The number of aliphatic hydroxyl groups excluding tert-OH is 3.